The average molecular weight is 335 g/mol. The quantitative estimate of drug-likeness (QED) is 0.861. The highest BCUT2D eigenvalue weighted by Gasteiger charge is 2.22. The molecule has 3 rings (SSSR count). The highest BCUT2D eigenvalue weighted by atomic mass is 16.5. The third-order valence-electron chi connectivity index (χ3n) is 4.49. The molecule has 0 aliphatic carbocycles. The van der Waals surface area contributed by atoms with Gasteiger partial charge in [0.05, 0.1) is 18.7 Å². The number of hydrogen-bond acceptors (Lipinski definition) is 4. The van der Waals surface area contributed by atoms with Crippen LogP contribution in [0.4, 0.5) is 0 Å². The summed E-state index contributed by atoms with van der Waals surface area (Å²) in [5, 5.41) is 8.84. The van der Waals surface area contributed by atoms with Gasteiger partial charge in [-0.15, -0.1) is 0 Å². The Morgan fingerprint density at radius 3 is 2.24 bits per heavy atom. The number of nitrogens with zero attached hydrogens (tertiary/aromatic N) is 3. The zero-order chi connectivity index (χ0) is 17.6. The summed E-state index contributed by atoms with van der Waals surface area (Å²) in [4.78, 5) is 16.8. The van der Waals surface area contributed by atoms with Crippen molar-refractivity contribution < 1.29 is 9.53 Å². The van der Waals surface area contributed by atoms with Gasteiger partial charge in [0.15, 0.2) is 0 Å². The van der Waals surface area contributed by atoms with E-state index in [1.54, 1.807) is 31.4 Å². The van der Waals surface area contributed by atoms with Crippen LogP contribution < -0.4 is 4.74 Å². The summed E-state index contributed by atoms with van der Waals surface area (Å²) >= 11 is 0. The molecule has 1 amide bonds. The Labute approximate surface area is 148 Å². The molecule has 5 nitrogen and oxygen atoms in total. The van der Waals surface area contributed by atoms with E-state index < -0.39 is 0 Å². The van der Waals surface area contributed by atoms with Gasteiger partial charge >= 0.3 is 0 Å². The maximum atomic E-state index is 12.5. The topological polar surface area (TPSA) is 56.6 Å². The van der Waals surface area contributed by atoms with Gasteiger partial charge in [-0.25, -0.2) is 0 Å². The number of carbonyl (C=O) groups is 1. The van der Waals surface area contributed by atoms with Crippen LogP contribution >= 0.6 is 0 Å². The molecule has 0 unspecified atom stereocenters. The second-order valence-corrected chi connectivity index (χ2v) is 6.11. The van der Waals surface area contributed by atoms with Crippen LogP contribution in [0.1, 0.15) is 21.5 Å². The molecule has 0 atom stereocenters. The number of amides is 1. The van der Waals surface area contributed by atoms with Crippen LogP contribution in [-0.2, 0) is 6.54 Å². The summed E-state index contributed by atoms with van der Waals surface area (Å²) in [6.07, 6.45) is 0. The van der Waals surface area contributed by atoms with E-state index >= 15 is 0 Å². The lowest BCUT2D eigenvalue weighted by atomic mass is 10.1. The first kappa shape index (κ1) is 17.0. The van der Waals surface area contributed by atoms with Gasteiger partial charge in [0.25, 0.3) is 5.91 Å². The van der Waals surface area contributed by atoms with E-state index in [4.69, 9.17) is 10.00 Å². The molecule has 128 valence electrons. The van der Waals surface area contributed by atoms with Crippen LogP contribution in [0.3, 0.4) is 0 Å². The van der Waals surface area contributed by atoms with E-state index in [0.717, 1.165) is 38.5 Å². The van der Waals surface area contributed by atoms with Crippen LogP contribution in [0.2, 0.25) is 0 Å². The van der Waals surface area contributed by atoms with Crippen molar-refractivity contribution in [2.24, 2.45) is 0 Å². The van der Waals surface area contributed by atoms with Gasteiger partial charge in [-0.3, -0.25) is 9.69 Å². The summed E-state index contributed by atoms with van der Waals surface area (Å²) in [7, 11) is 1.67. The van der Waals surface area contributed by atoms with E-state index in [2.05, 4.69) is 23.1 Å². The van der Waals surface area contributed by atoms with Crippen molar-refractivity contribution in [1.82, 2.24) is 9.80 Å². The van der Waals surface area contributed by atoms with E-state index in [1.807, 2.05) is 17.0 Å². The summed E-state index contributed by atoms with van der Waals surface area (Å²) in [5.41, 5.74) is 2.45. The largest absolute Gasteiger partial charge is 0.497 e. The fourth-order valence-electron chi connectivity index (χ4n) is 2.97. The first-order valence-corrected chi connectivity index (χ1v) is 8.34. The standard InChI is InChI=1S/C20H21N3O2/c1-25-19-8-4-17(5-9-19)15-22-10-12-23(13-11-22)20(24)18-6-2-16(14-21)3-7-18/h2-9H,10-13,15H2,1H3. The smallest absolute Gasteiger partial charge is 0.253 e. The molecular formula is C20H21N3O2. The first-order chi connectivity index (χ1) is 12.2. The maximum Gasteiger partial charge on any atom is 0.253 e. The lowest BCUT2D eigenvalue weighted by Gasteiger charge is -2.34. The molecule has 2 aromatic rings. The molecule has 1 aliphatic heterocycles. The molecule has 0 saturated carbocycles. The minimum Gasteiger partial charge on any atom is -0.497 e. The first-order valence-electron chi connectivity index (χ1n) is 8.34. The van der Waals surface area contributed by atoms with Gasteiger partial charge in [0.2, 0.25) is 0 Å². The lowest BCUT2D eigenvalue weighted by molar-refractivity contribution is 0.0628. The Morgan fingerprint density at radius 1 is 1.04 bits per heavy atom. The summed E-state index contributed by atoms with van der Waals surface area (Å²) in [6.45, 7) is 4.02. The highest BCUT2D eigenvalue weighted by molar-refractivity contribution is 5.94. The molecule has 1 aliphatic rings. The van der Waals surface area contributed by atoms with Gasteiger partial charge < -0.3 is 9.64 Å². The van der Waals surface area contributed by atoms with Crippen LogP contribution in [0.25, 0.3) is 0 Å². The molecule has 0 bridgehead atoms. The highest BCUT2D eigenvalue weighted by Crippen LogP contribution is 2.15. The molecule has 1 saturated heterocycles. The fourth-order valence-corrected chi connectivity index (χ4v) is 2.97. The number of hydrogen-bond donors (Lipinski definition) is 0. The number of benzene rings is 2. The number of piperazine rings is 1. The molecule has 0 aromatic heterocycles. The monoisotopic (exact) mass is 335 g/mol. The molecular weight excluding hydrogens is 314 g/mol. The minimum atomic E-state index is 0.0357. The van der Waals surface area contributed by atoms with Gasteiger partial charge in [-0.1, -0.05) is 12.1 Å². The van der Waals surface area contributed by atoms with E-state index in [0.29, 0.717) is 11.1 Å². The van der Waals surface area contributed by atoms with Crippen molar-refractivity contribution in [2.75, 3.05) is 33.3 Å². The van der Waals surface area contributed by atoms with Gasteiger partial charge in [0, 0.05) is 38.3 Å². The van der Waals surface area contributed by atoms with Crippen molar-refractivity contribution in [3.8, 4) is 11.8 Å². The molecule has 5 heteroatoms. The Bertz CT molecular complexity index is 755. The van der Waals surface area contributed by atoms with Gasteiger partial charge in [-0.05, 0) is 42.0 Å². The van der Waals surface area contributed by atoms with Crippen LogP contribution in [0, 0.1) is 11.3 Å². The zero-order valence-electron chi connectivity index (χ0n) is 14.3. The Kier molecular flexibility index (Phi) is 5.32. The third-order valence-corrected chi connectivity index (χ3v) is 4.49. The van der Waals surface area contributed by atoms with Crippen molar-refractivity contribution in [3.05, 3.63) is 65.2 Å². The predicted molar refractivity (Wildman–Crippen MR) is 95.3 cm³/mol. The van der Waals surface area contributed by atoms with E-state index in [1.165, 1.54) is 5.56 Å². The maximum absolute atomic E-state index is 12.5. The molecule has 2 aromatic carbocycles. The van der Waals surface area contributed by atoms with Crippen LogP contribution in [0.5, 0.6) is 5.75 Å². The number of methoxy groups -OCH3 is 1. The fraction of sp³-hybridized carbons (Fsp3) is 0.300. The average Bonchev–Trinajstić information content (AvgIpc) is 2.69. The number of rotatable bonds is 4. The third kappa shape index (κ3) is 4.17. The molecule has 0 N–H and O–H groups in total. The summed E-state index contributed by atoms with van der Waals surface area (Å²) < 4.78 is 5.18. The minimum absolute atomic E-state index is 0.0357. The normalized spacial score (nSPS) is 14.8. The Balaban J connectivity index is 1.53. The van der Waals surface area contributed by atoms with Crippen molar-refractivity contribution in [2.45, 2.75) is 6.54 Å². The SMILES string of the molecule is COc1ccc(CN2CCN(C(=O)c3ccc(C#N)cc3)CC2)cc1. The zero-order valence-corrected chi connectivity index (χ0v) is 14.3. The summed E-state index contributed by atoms with van der Waals surface area (Å²) in [6, 6.07) is 17.0. The summed E-state index contributed by atoms with van der Waals surface area (Å²) in [5.74, 6) is 0.898. The predicted octanol–water partition coefficient (Wildman–Crippen LogP) is 2.52. The van der Waals surface area contributed by atoms with Crippen molar-refractivity contribution >= 4 is 5.91 Å². The Hall–Kier alpha value is -2.84. The van der Waals surface area contributed by atoms with E-state index in [-0.39, 0.29) is 5.91 Å². The Morgan fingerprint density at radius 2 is 1.68 bits per heavy atom. The van der Waals surface area contributed by atoms with Gasteiger partial charge in [-0.2, -0.15) is 5.26 Å². The molecule has 1 fully saturated rings. The number of nitriles is 1. The van der Waals surface area contributed by atoms with Gasteiger partial charge in [0.1, 0.15) is 5.75 Å². The second-order valence-electron chi connectivity index (χ2n) is 6.11. The van der Waals surface area contributed by atoms with Crippen LogP contribution in [-0.4, -0.2) is 49.0 Å². The molecule has 0 spiro atoms. The second kappa shape index (κ2) is 7.82. The van der Waals surface area contributed by atoms with Crippen molar-refractivity contribution in [1.29, 1.82) is 5.26 Å². The lowest BCUT2D eigenvalue weighted by Crippen LogP contribution is -2.48. The van der Waals surface area contributed by atoms with Crippen molar-refractivity contribution in [3.63, 3.8) is 0 Å². The molecule has 1 heterocycles. The molecule has 0 radical (unpaired) electrons. The van der Waals surface area contributed by atoms with E-state index in [9.17, 15) is 4.79 Å². The van der Waals surface area contributed by atoms with Crippen LogP contribution in [0.15, 0.2) is 48.5 Å². The number of ether oxygens (including phenoxy) is 1. The number of carbonyl (C=O) groups excluding carboxylic acids is 1. The molecule has 25 heavy (non-hydrogen) atoms.